The first-order valence-corrected chi connectivity index (χ1v) is 7.39. The highest BCUT2D eigenvalue weighted by molar-refractivity contribution is 5.88. The Morgan fingerprint density at radius 3 is 3.09 bits per heavy atom. The van der Waals surface area contributed by atoms with E-state index in [1.54, 1.807) is 17.2 Å². The van der Waals surface area contributed by atoms with E-state index in [0.717, 1.165) is 18.0 Å². The molecule has 0 radical (unpaired) electrons. The zero-order valence-electron chi connectivity index (χ0n) is 13.1. The molecule has 1 N–H and O–H groups in total. The van der Waals surface area contributed by atoms with Crippen molar-refractivity contribution in [3.05, 3.63) is 30.7 Å². The average molecular weight is 317 g/mol. The van der Waals surface area contributed by atoms with Crippen LogP contribution in [0.25, 0.3) is 0 Å². The van der Waals surface area contributed by atoms with Gasteiger partial charge in [-0.1, -0.05) is 5.16 Å². The van der Waals surface area contributed by atoms with Crippen molar-refractivity contribution < 1.29 is 14.1 Å². The molecular weight excluding hydrogens is 298 g/mol. The maximum Gasteiger partial charge on any atom is 0.323 e. The van der Waals surface area contributed by atoms with E-state index in [9.17, 15) is 4.79 Å². The molecule has 3 rings (SSSR count). The Hall–Kier alpha value is -2.77. The summed E-state index contributed by atoms with van der Waals surface area (Å²) in [7, 11) is 3.84. The molecule has 0 bridgehead atoms. The molecule has 1 saturated heterocycles. The van der Waals surface area contributed by atoms with Crippen molar-refractivity contribution >= 4 is 17.7 Å². The Bertz CT molecular complexity index is 659. The van der Waals surface area contributed by atoms with Gasteiger partial charge in [-0.15, -0.1) is 0 Å². The van der Waals surface area contributed by atoms with E-state index in [4.69, 9.17) is 9.26 Å². The molecule has 1 fully saturated rings. The van der Waals surface area contributed by atoms with Gasteiger partial charge in [0.2, 0.25) is 0 Å². The molecule has 1 aliphatic rings. The number of ether oxygens (including phenoxy) is 1. The fourth-order valence-electron chi connectivity index (χ4n) is 2.46. The van der Waals surface area contributed by atoms with Gasteiger partial charge in [0.15, 0.2) is 17.4 Å². The predicted octanol–water partition coefficient (Wildman–Crippen LogP) is 1.82. The summed E-state index contributed by atoms with van der Waals surface area (Å²) < 4.78 is 10.7. The Balaban J connectivity index is 1.59. The van der Waals surface area contributed by atoms with Gasteiger partial charge in [0.1, 0.15) is 12.4 Å². The van der Waals surface area contributed by atoms with Gasteiger partial charge >= 0.3 is 6.03 Å². The number of hydrogen-bond acceptors (Lipinski definition) is 6. The SMILES string of the molecule is CN(C)c1ncccc1O[C@H]1CCN(C(=O)Nc2ccon2)C1. The summed E-state index contributed by atoms with van der Waals surface area (Å²) >= 11 is 0. The fraction of sp³-hybridized carbons (Fsp3) is 0.400. The van der Waals surface area contributed by atoms with Gasteiger partial charge in [0.05, 0.1) is 6.54 Å². The third-order valence-electron chi connectivity index (χ3n) is 3.57. The molecule has 23 heavy (non-hydrogen) atoms. The number of likely N-dealkylation sites (tertiary alicyclic amines) is 1. The van der Waals surface area contributed by atoms with E-state index < -0.39 is 0 Å². The third kappa shape index (κ3) is 3.53. The molecule has 2 aromatic rings. The topological polar surface area (TPSA) is 83.7 Å². The minimum atomic E-state index is -0.205. The fourth-order valence-corrected chi connectivity index (χ4v) is 2.46. The number of hydrogen-bond donors (Lipinski definition) is 1. The summed E-state index contributed by atoms with van der Waals surface area (Å²) in [5, 5.41) is 6.35. The van der Waals surface area contributed by atoms with Crippen molar-refractivity contribution in [2.75, 3.05) is 37.4 Å². The van der Waals surface area contributed by atoms with E-state index in [1.165, 1.54) is 6.26 Å². The second-order valence-electron chi connectivity index (χ2n) is 5.51. The third-order valence-corrected chi connectivity index (χ3v) is 3.57. The van der Waals surface area contributed by atoms with E-state index in [-0.39, 0.29) is 12.1 Å². The lowest BCUT2D eigenvalue weighted by molar-refractivity contribution is 0.194. The lowest BCUT2D eigenvalue weighted by Crippen LogP contribution is -2.34. The van der Waals surface area contributed by atoms with E-state index in [2.05, 4.69) is 15.5 Å². The number of rotatable bonds is 4. The molecule has 2 amide bonds. The Morgan fingerprint density at radius 2 is 2.35 bits per heavy atom. The molecule has 0 saturated carbocycles. The Labute approximate surface area is 134 Å². The Morgan fingerprint density at radius 1 is 1.48 bits per heavy atom. The van der Waals surface area contributed by atoms with Gasteiger partial charge in [-0.25, -0.2) is 9.78 Å². The number of amides is 2. The summed E-state index contributed by atoms with van der Waals surface area (Å²) in [5.74, 6) is 1.90. The number of carbonyl (C=O) groups is 1. The molecule has 8 nitrogen and oxygen atoms in total. The van der Waals surface area contributed by atoms with Crippen LogP contribution in [0.1, 0.15) is 6.42 Å². The first kappa shape index (κ1) is 15.1. The maximum absolute atomic E-state index is 12.1. The molecule has 8 heteroatoms. The predicted molar refractivity (Wildman–Crippen MR) is 84.7 cm³/mol. The van der Waals surface area contributed by atoms with Crippen LogP contribution in [0.5, 0.6) is 5.75 Å². The first-order valence-electron chi connectivity index (χ1n) is 7.39. The van der Waals surface area contributed by atoms with Crippen molar-refractivity contribution in [1.29, 1.82) is 0 Å². The van der Waals surface area contributed by atoms with Crippen LogP contribution in [0.15, 0.2) is 35.2 Å². The van der Waals surface area contributed by atoms with Crippen LogP contribution in [0, 0.1) is 0 Å². The van der Waals surface area contributed by atoms with Crippen molar-refractivity contribution in [2.45, 2.75) is 12.5 Å². The van der Waals surface area contributed by atoms with E-state index in [1.807, 2.05) is 31.1 Å². The monoisotopic (exact) mass is 317 g/mol. The quantitative estimate of drug-likeness (QED) is 0.926. The zero-order chi connectivity index (χ0) is 16.2. The largest absolute Gasteiger partial charge is 0.485 e. The number of nitrogens with one attached hydrogen (secondary N) is 1. The number of urea groups is 1. The lowest BCUT2D eigenvalue weighted by Gasteiger charge is -2.20. The smallest absolute Gasteiger partial charge is 0.323 e. The van der Waals surface area contributed by atoms with Crippen molar-refractivity contribution in [3.63, 3.8) is 0 Å². The number of anilines is 2. The molecule has 122 valence electrons. The van der Waals surface area contributed by atoms with Gasteiger partial charge in [-0.05, 0) is 12.1 Å². The molecule has 2 aromatic heterocycles. The standard InChI is InChI=1S/C15H19N5O3/c1-19(2)14-12(4-3-7-16-14)23-11-5-8-20(10-11)15(21)17-13-6-9-22-18-13/h3-4,6-7,9,11H,5,8,10H2,1-2H3,(H,17,18,21)/t11-/m0/s1. The molecule has 3 heterocycles. The summed E-state index contributed by atoms with van der Waals surface area (Å²) in [6.07, 6.45) is 3.86. The van der Waals surface area contributed by atoms with Crippen LogP contribution in [-0.2, 0) is 0 Å². The van der Waals surface area contributed by atoms with Gasteiger partial charge in [-0.2, -0.15) is 0 Å². The summed E-state index contributed by atoms with van der Waals surface area (Å²) in [4.78, 5) is 20.1. The highest BCUT2D eigenvalue weighted by Crippen LogP contribution is 2.26. The van der Waals surface area contributed by atoms with E-state index >= 15 is 0 Å². The summed E-state index contributed by atoms with van der Waals surface area (Å²) in [6, 6.07) is 5.12. The summed E-state index contributed by atoms with van der Waals surface area (Å²) in [6.45, 7) is 1.15. The van der Waals surface area contributed by atoms with Crippen LogP contribution >= 0.6 is 0 Å². The van der Waals surface area contributed by atoms with E-state index in [0.29, 0.717) is 18.9 Å². The second-order valence-corrected chi connectivity index (χ2v) is 5.51. The number of aromatic nitrogens is 2. The van der Waals surface area contributed by atoms with Crippen LogP contribution in [-0.4, -0.2) is 54.4 Å². The van der Waals surface area contributed by atoms with Crippen LogP contribution < -0.4 is 15.0 Å². The minimum Gasteiger partial charge on any atom is -0.485 e. The normalized spacial score (nSPS) is 17.1. The maximum atomic E-state index is 12.1. The zero-order valence-corrected chi connectivity index (χ0v) is 13.1. The lowest BCUT2D eigenvalue weighted by atomic mass is 10.3. The van der Waals surface area contributed by atoms with Gasteiger partial charge in [-0.3, -0.25) is 5.32 Å². The van der Waals surface area contributed by atoms with Crippen LogP contribution in [0.4, 0.5) is 16.4 Å². The van der Waals surface area contributed by atoms with Crippen LogP contribution in [0.3, 0.4) is 0 Å². The number of pyridine rings is 1. The van der Waals surface area contributed by atoms with Gasteiger partial charge in [0, 0.05) is 39.3 Å². The average Bonchev–Trinajstić information content (AvgIpc) is 3.19. The molecule has 0 aliphatic carbocycles. The molecule has 0 aromatic carbocycles. The molecular formula is C15H19N5O3. The molecule has 1 aliphatic heterocycles. The molecule has 0 unspecified atom stereocenters. The minimum absolute atomic E-state index is 0.0547. The van der Waals surface area contributed by atoms with Crippen LogP contribution in [0.2, 0.25) is 0 Å². The highest BCUT2D eigenvalue weighted by atomic mass is 16.5. The van der Waals surface area contributed by atoms with Gasteiger partial charge in [0.25, 0.3) is 0 Å². The molecule has 0 spiro atoms. The number of nitrogens with zero attached hydrogens (tertiary/aromatic N) is 4. The molecule has 1 atom stereocenters. The van der Waals surface area contributed by atoms with Crippen molar-refractivity contribution in [2.24, 2.45) is 0 Å². The summed E-state index contributed by atoms with van der Waals surface area (Å²) in [5.41, 5.74) is 0. The number of carbonyl (C=O) groups excluding carboxylic acids is 1. The Kier molecular flexibility index (Phi) is 4.31. The van der Waals surface area contributed by atoms with Gasteiger partial charge < -0.3 is 19.1 Å². The van der Waals surface area contributed by atoms with Crippen molar-refractivity contribution in [3.8, 4) is 5.75 Å². The van der Waals surface area contributed by atoms with Crippen molar-refractivity contribution in [1.82, 2.24) is 15.0 Å². The highest BCUT2D eigenvalue weighted by Gasteiger charge is 2.28. The first-order chi connectivity index (χ1) is 11.1. The second kappa shape index (κ2) is 6.55.